The molecule has 0 aromatic carbocycles. The Morgan fingerprint density at radius 2 is 1.81 bits per heavy atom. The van der Waals surface area contributed by atoms with Crippen molar-refractivity contribution in [2.45, 2.75) is 69.5 Å². The van der Waals surface area contributed by atoms with Crippen molar-refractivity contribution in [1.82, 2.24) is 19.5 Å². The highest BCUT2D eigenvalue weighted by atomic mass is 35.5. The summed E-state index contributed by atoms with van der Waals surface area (Å²) < 4.78 is 30.6. The number of fused-ring (bicyclic) bond motifs is 1. The SMILES string of the molecule is O=P(O)(O)CP(=O)(O)CC[C@H]1O[C@@H](n2cnc3c(N4CCC5(CCCCC5)C4)nc(Cl)nc32)[C@@H](O)C1O. The van der Waals surface area contributed by atoms with Gasteiger partial charge in [0.1, 0.15) is 18.1 Å². The van der Waals surface area contributed by atoms with Crippen molar-refractivity contribution in [2.75, 3.05) is 30.1 Å². The maximum atomic E-state index is 12.2. The predicted octanol–water partition coefficient (Wildman–Crippen LogP) is 2.06. The van der Waals surface area contributed by atoms with Crippen molar-refractivity contribution in [3.05, 3.63) is 11.6 Å². The van der Waals surface area contributed by atoms with Crippen LogP contribution in [0.15, 0.2) is 6.33 Å². The van der Waals surface area contributed by atoms with E-state index in [2.05, 4.69) is 19.9 Å². The summed E-state index contributed by atoms with van der Waals surface area (Å²) in [7, 11) is -8.86. The lowest BCUT2D eigenvalue weighted by atomic mass is 9.73. The fraction of sp³-hybridized carbons (Fsp3) is 0.762. The van der Waals surface area contributed by atoms with E-state index in [9.17, 15) is 24.2 Å². The fourth-order valence-corrected chi connectivity index (χ4v) is 9.68. The number of rotatable bonds is 7. The van der Waals surface area contributed by atoms with Gasteiger partial charge >= 0.3 is 7.60 Å². The lowest BCUT2D eigenvalue weighted by molar-refractivity contribution is -0.0354. The van der Waals surface area contributed by atoms with Gasteiger partial charge in [0.15, 0.2) is 23.2 Å². The first-order valence-corrected chi connectivity index (χ1v) is 16.6. The van der Waals surface area contributed by atoms with Crippen LogP contribution in [0, 0.1) is 5.41 Å². The molecule has 206 valence electrons. The van der Waals surface area contributed by atoms with Gasteiger partial charge in [-0.1, -0.05) is 19.3 Å². The van der Waals surface area contributed by atoms with E-state index in [0.717, 1.165) is 19.5 Å². The largest absolute Gasteiger partial charge is 0.388 e. The Kier molecular flexibility index (Phi) is 7.50. The van der Waals surface area contributed by atoms with Gasteiger partial charge in [-0.3, -0.25) is 13.7 Å². The Morgan fingerprint density at radius 1 is 1.08 bits per heavy atom. The second-order valence-corrected chi connectivity index (χ2v) is 15.5. The zero-order valence-electron chi connectivity index (χ0n) is 20.1. The van der Waals surface area contributed by atoms with E-state index in [1.807, 2.05) is 0 Å². The molecule has 2 saturated heterocycles. The van der Waals surface area contributed by atoms with Crippen LogP contribution in [0.3, 0.4) is 0 Å². The summed E-state index contributed by atoms with van der Waals surface area (Å²) in [5.41, 5.74) is 1.09. The zero-order chi connectivity index (χ0) is 26.6. The summed E-state index contributed by atoms with van der Waals surface area (Å²) in [5.74, 6) is -0.545. The molecule has 16 heteroatoms. The fourth-order valence-electron chi connectivity index (χ4n) is 5.99. The number of aromatic nitrogens is 4. The minimum absolute atomic E-state index is 0.0112. The van der Waals surface area contributed by atoms with Gasteiger partial charge in [-0.25, -0.2) is 4.98 Å². The number of ether oxygens (including phenoxy) is 1. The molecule has 0 radical (unpaired) electrons. The second kappa shape index (κ2) is 10.1. The second-order valence-electron chi connectivity index (χ2n) is 10.6. The molecule has 3 aliphatic rings. The maximum Gasteiger partial charge on any atom is 0.335 e. The third kappa shape index (κ3) is 5.76. The van der Waals surface area contributed by atoms with Crippen molar-refractivity contribution in [1.29, 1.82) is 0 Å². The van der Waals surface area contributed by atoms with E-state index in [1.165, 1.54) is 43.0 Å². The Bertz CT molecular complexity index is 1250. The smallest absolute Gasteiger partial charge is 0.335 e. The van der Waals surface area contributed by atoms with Gasteiger partial charge in [-0.2, -0.15) is 9.97 Å². The first-order valence-electron chi connectivity index (χ1n) is 12.4. The number of nitrogens with zero attached hydrogens (tertiary/aromatic N) is 5. The summed E-state index contributed by atoms with van der Waals surface area (Å²) in [6, 6.07) is 0. The van der Waals surface area contributed by atoms with Gasteiger partial charge in [-0.15, -0.1) is 0 Å². The van der Waals surface area contributed by atoms with Crippen LogP contribution in [0.4, 0.5) is 5.82 Å². The maximum absolute atomic E-state index is 12.2. The minimum atomic E-state index is -4.69. The highest BCUT2D eigenvalue weighted by Gasteiger charge is 2.46. The number of hydrogen-bond acceptors (Lipinski definition) is 9. The molecule has 2 aliphatic heterocycles. The summed E-state index contributed by atoms with van der Waals surface area (Å²) in [6.07, 6.45) is 2.98. The lowest BCUT2D eigenvalue weighted by Gasteiger charge is -2.33. The highest BCUT2D eigenvalue weighted by molar-refractivity contribution is 7.72. The minimum Gasteiger partial charge on any atom is -0.388 e. The first kappa shape index (κ1) is 27.4. The molecule has 0 amide bonds. The van der Waals surface area contributed by atoms with E-state index in [-0.39, 0.29) is 17.1 Å². The zero-order valence-corrected chi connectivity index (χ0v) is 22.7. The van der Waals surface area contributed by atoms with Crippen molar-refractivity contribution < 1.29 is 38.8 Å². The van der Waals surface area contributed by atoms with Gasteiger partial charge in [0.05, 0.1) is 12.4 Å². The summed E-state index contributed by atoms with van der Waals surface area (Å²) in [6.45, 7) is 1.69. The molecule has 2 aromatic rings. The molecule has 3 fully saturated rings. The molecule has 2 unspecified atom stereocenters. The Labute approximate surface area is 218 Å². The molecule has 5 rings (SSSR count). The van der Waals surface area contributed by atoms with Gasteiger partial charge in [0, 0.05) is 19.3 Å². The van der Waals surface area contributed by atoms with Gasteiger partial charge in [-0.05, 0) is 42.7 Å². The molecule has 1 saturated carbocycles. The van der Waals surface area contributed by atoms with E-state index in [4.69, 9.17) is 26.1 Å². The van der Waals surface area contributed by atoms with Crippen molar-refractivity contribution in [3.8, 4) is 0 Å². The van der Waals surface area contributed by atoms with Gasteiger partial charge < -0.3 is 34.5 Å². The third-order valence-electron chi connectivity index (χ3n) is 7.81. The van der Waals surface area contributed by atoms with Crippen LogP contribution in [-0.4, -0.2) is 87.9 Å². The molecular formula is C21H32ClN5O8P2. The number of imidazole rings is 1. The van der Waals surface area contributed by atoms with Crippen molar-refractivity contribution >= 4 is 43.5 Å². The number of hydrogen-bond donors (Lipinski definition) is 5. The van der Waals surface area contributed by atoms with Gasteiger partial charge in [0.25, 0.3) is 0 Å². The Balaban J connectivity index is 1.36. The predicted molar refractivity (Wildman–Crippen MR) is 135 cm³/mol. The van der Waals surface area contributed by atoms with Crippen LogP contribution in [-0.2, 0) is 13.9 Å². The monoisotopic (exact) mass is 579 g/mol. The standard InChI is InChI=1S/C21H32ClN5O8P2/c22-20-24-17(26-8-7-21(10-26)5-2-1-3-6-21)14-18(25-20)27(11-23-14)19-16(29)15(28)13(35-19)4-9-36(30,31)12-37(32,33)34/h11,13,15-16,19,28-29H,1-10,12H2,(H,30,31)(H2,32,33,34)/t13-,15?,16+,19-/m1/s1. The summed E-state index contributed by atoms with van der Waals surface area (Å²) in [5, 5.41) is 21.3. The molecule has 2 aromatic heterocycles. The molecule has 37 heavy (non-hydrogen) atoms. The molecule has 1 aliphatic carbocycles. The quantitative estimate of drug-likeness (QED) is 0.237. The third-order valence-corrected chi connectivity index (χ3v) is 12.2. The lowest BCUT2D eigenvalue weighted by Crippen LogP contribution is -2.32. The average molecular weight is 580 g/mol. The van der Waals surface area contributed by atoms with Gasteiger partial charge in [0.2, 0.25) is 12.7 Å². The van der Waals surface area contributed by atoms with E-state index >= 15 is 0 Å². The van der Waals surface area contributed by atoms with Crippen LogP contribution in [0.1, 0.15) is 51.2 Å². The van der Waals surface area contributed by atoms with E-state index < -0.39 is 51.6 Å². The van der Waals surface area contributed by atoms with Crippen LogP contribution >= 0.6 is 26.6 Å². The molecule has 13 nitrogen and oxygen atoms in total. The average Bonchev–Trinajstić information content (AvgIpc) is 3.48. The Hall–Kier alpha value is -1.14. The van der Waals surface area contributed by atoms with Crippen LogP contribution < -0.4 is 4.90 Å². The van der Waals surface area contributed by atoms with E-state index in [0.29, 0.717) is 17.0 Å². The van der Waals surface area contributed by atoms with Crippen LogP contribution in [0.25, 0.3) is 11.2 Å². The van der Waals surface area contributed by atoms with Crippen molar-refractivity contribution in [2.24, 2.45) is 5.41 Å². The number of anilines is 1. The normalized spacial score (nSPS) is 29.8. The molecule has 5 N–H and O–H groups in total. The molecular weight excluding hydrogens is 548 g/mol. The molecule has 4 heterocycles. The topological polar surface area (TPSA) is 191 Å². The number of halogens is 1. The summed E-state index contributed by atoms with van der Waals surface area (Å²) in [4.78, 5) is 43.4. The van der Waals surface area contributed by atoms with Crippen molar-refractivity contribution in [3.63, 3.8) is 0 Å². The van der Waals surface area contributed by atoms with Crippen LogP contribution in [0.2, 0.25) is 5.28 Å². The molecule has 1 spiro atoms. The number of aliphatic hydroxyl groups excluding tert-OH is 2. The first-order chi connectivity index (χ1) is 17.4. The highest BCUT2D eigenvalue weighted by Crippen LogP contribution is 2.55. The van der Waals surface area contributed by atoms with Crippen LogP contribution in [0.5, 0.6) is 0 Å². The summed E-state index contributed by atoms with van der Waals surface area (Å²) >= 11 is 6.30. The molecule has 5 atom stereocenters. The van der Waals surface area contributed by atoms with E-state index in [1.54, 1.807) is 0 Å². The number of aliphatic hydroxyl groups is 2. The molecule has 0 bridgehead atoms. The Morgan fingerprint density at radius 3 is 2.51 bits per heavy atom.